The maximum Gasteiger partial charge on any atom is 0.230 e. The van der Waals surface area contributed by atoms with E-state index in [2.05, 4.69) is 17.4 Å². The van der Waals surface area contributed by atoms with Gasteiger partial charge >= 0.3 is 0 Å². The maximum absolute atomic E-state index is 13.0. The van der Waals surface area contributed by atoms with Crippen molar-refractivity contribution in [1.29, 1.82) is 0 Å². The zero-order chi connectivity index (χ0) is 18.4. The van der Waals surface area contributed by atoms with Gasteiger partial charge in [-0.15, -0.1) is 0 Å². The van der Waals surface area contributed by atoms with Crippen LogP contribution in [0, 0.1) is 11.8 Å². The van der Waals surface area contributed by atoms with E-state index >= 15 is 0 Å². The van der Waals surface area contributed by atoms with Crippen LogP contribution in [-0.4, -0.2) is 38.6 Å². The quantitative estimate of drug-likeness (QED) is 0.796. The van der Waals surface area contributed by atoms with E-state index in [1.807, 2.05) is 17.0 Å². The molecule has 1 aromatic carbocycles. The Bertz CT molecular complexity index is 623. The number of para-hydroxylation sites is 1. The average molecular weight is 358 g/mol. The van der Waals surface area contributed by atoms with E-state index in [9.17, 15) is 9.59 Å². The molecule has 0 radical (unpaired) electrons. The van der Waals surface area contributed by atoms with Crippen molar-refractivity contribution in [1.82, 2.24) is 5.32 Å². The molecule has 0 aromatic heterocycles. The minimum Gasteiger partial charge on any atom is -0.385 e. The summed E-state index contributed by atoms with van der Waals surface area (Å²) in [4.78, 5) is 27.3. The van der Waals surface area contributed by atoms with Gasteiger partial charge in [0.15, 0.2) is 0 Å². The fourth-order valence-corrected chi connectivity index (χ4v) is 4.16. The highest BCUT2D eigenvalue weighted by Gasteiger charge is 2.33. The van der Waals surface area contributed by atoms with Crippen molar-refractivity contribution in [2.75, 3.05) is 31.7 Å². The Morgan fingerprint density at radius 3 is 2.65 bits per heavy atom. The molecule has 2 aliphatic rings. The van der Waals surface area contributed by atoms with Crippen LogP contribution in [0.25, 0.3) is 0 Å². The molecule has 1 aliphatic heterocycles. The molecular formula is C21H30N2O3. The molecule has 0 spiro atoms. The third-order valence-corrected chi connectivity index (χ3v) is 5.65. The summed E-state index contributed by atoms with van der Waals surface area (Å²) in [6.45, 7) is 2.14. The zero-order valence-corrected chi connectivity index (χ0v) is 15.7. The molecule has 1 N–H and O–H groups in total. The van der Waals surface area contributed by atoms with E-state index in [0.29, 0.717) is 13.2 Å². The predicted molar refractivity (Wildman–Crippen MR) is 102 cm³/mol. The molecule has 1 saturated carbocycles. The number of hydrogen-bond acceptors (Lipinski definition) is 3. The molecule has 1 fully saturated rings. The van der Waals surface area contributed by atoms with Gasteiger partial charge in [0.05, 0.1) is 0 Å². The number of nitrogens with zero attached hydrogens (tertiary/aromatic N) is 1. The molecule has 26 heavy (non-hydrogen) atoms. The van der Waals surface area contributed by atoms with Crippen LogP contribution in [0.2, 0.25) is 0 Å². The summed E-state index contributed by atoms with van der Waals surface area (Å²) in [6, 6.07) is 8.24. The Morgan fingerprint density at radius 1 is 1.15 bits per heavy atom. The number of rotatable bonds is 6. The van der Waals surface area contributed by atoms with Gasteiger partial charge in [-0.25, -0.2) is 0 Å². The second kappa shape index (κ2) is 9.17. The lowest BCUT2D eigenvalue weighted by Gasteiger charge is -2.34. The Labute approximate surface area is 156 Å². The number of fused-ring (bicyclic) bond motifs is 1. The third kappa shape index (κ3) is 4.44. The lowest BCUT2D eigenvalue weighted by atomic mass is 9.80. The van der Waals surface area contributed by atoms with E-state index in [0.717, 1.165) is 57.2 Å². The van der Waals surface area contributed by atoms with Gasteiger partial charge in [-0.3, -0.25) is 9.59 Å². The first-order valence-corrected chi connectivity index (χ1v) is 9.86. The molecule has 1 aromatic rings. The SMILES string of the molecule is COCCCNC(=O)C1CCC(C(=O)N2CCCc3ccccc32)CC1. The zero-order valence-electron chi connectivity index (χ0n) is 15.7. The van der Waals surface area contributed by atoms with E-state index in [4.69, 9.17) is 4.74 Å². The smallest absolute Gasteiger partial charge is 0.230 e. The summed E-state index contributed by atoms with van der Waals surface area (Å²) in [6.07, 6.45) is 6.16. The summed E-state index contributed by atoms with van der Waals surface area (Å²) in [5, 5.41) is 2.99. The molecule has 142 valence electrons. The summed E-state index contributed by atoms with van der Waals surface area (Å²) in [7, 11) is 1.67. The Morgan fingerprint density at radius 2 is 1.88 bits per heavy atom. The normalized spacial score (nSPS) is 22.6. The van der Waals surface area contributed by atoms with Gasteiger partial charge in [0, 0.05) is 44.3 Å². The van der Waals surface area contributed by atoms with E-state index in [1.54, 1.807) is 7.11 Å². The van der Waals surface area contributed by atoms with Crippen molar-refractivity contribution in [2.45, 2.75) is 44.9 Å². The first kappa shape index (κ1) is 18.9. The van der Waals surface area contributed by atoms with Gasteiger partial charge in [0.1, 0.15) is 0 Å². The summed E-state index contributed by atoms with van der Waals surface area (Å²) < 4.78 is 5.00. The highest BCUT2D eigenvalue weighted by atomic mass is 16.5. The Kier molecular flexibility index (Phi) is 6.67. The van der Waals surface area contributed by atoms with Crippen LogP contribution in [-0.2, 0) is 20.7 Å². The number of methoxy groups -OCH3 is 1. The number of amides is 2. The minimum absolute atomic E-state index is 0.0511. The lowest BCUT2D eigenvalue weighted by Crippen LogP contribution is -2.42. The predicted octanol–water partition coefficient (Wildman–Crippen LogP) is 2.92. The fourth-order valence-electron chi connectivity index (χ4n) is 4.16. The molecule has 0 bridgehead atoms. The second-order valence-electron chi connectivity index (χ2n) is 7.41. The minimum atomic E-state index is 0.0511. The molecule has 2 amide bonds. The summed E-state index contributed by atoms with van der Waals surface area (Å²) in [5.74, 6) is 0.486. The van der Waals surface area contributed by atoms with E-state index < -0.39 is 0 Å². The molecular weight excluding hydrogens is 328 g/mol. The van der Waals surface area contributed by atoms with Crippen molar-refractivity contribution in [3.8, 4) is 0 Å². The van der Waals surface area contributed by atoms with Crippen molar-refractivity contribution in [2.24, 2.45) is 11.8 Å². The topological polar surface area (TPSA) is 58.6 Å². The number of aryl methyl sites for hydroxylation is 1. The van der Waals surface area contributed by atoms with Crippen molar-refractivity contribution in [3.05, 3.63) is 29.8 Å². The largest absolute Gasteiger partial charge is 0.385 e. The monoisotopic (exact) mass is 358 g/mol. The highest BCUT2D eigenvalue weighted by Crippen LogP contribution is 2.34. The van der Waals surface area contributed by atoms with E-state index in [1.165, 1.54) is 5.56 Å². The number of hydrogen-bond donors (Lipinski definition) is 1. The first-order chi connectivity index (χ1) is 12.7. The average Bonchev–Trinajstić information content (AvgIpc) is 2.70. The van der Waals surface area contributed by atoms with Crippen LogP contribution in [0.15, 0.2) is 24.3 Å². The van der Waals surface area contributed by atoms with Crippen LogP contribution in [0.3, 0.4) is 0 Å². The number of anilines is 1. The molecule has 1 aliphatic carbocycles. The van der Waals surface area contributed by atoms with E-state index in [-0.39, 0.29) is 23.7 Å². The molecule has 3 rings (SSSR count). The number of carbonyl (C=O) groups excluding carboxylic acids is 2. The third-order valence-electron chi connectivity index (χ3n) is 5.65. The van der Waals surface area contributed by atoms with Crippen LogP contribution < -0.4 is 10.2 Å². The number of benzene rings is 1. The summed E-state index contributed by atoms with van der Waals surface area (Å²) >= 11 is 0. The highest BCUT2D eigenvalue weighted by molar-refractivity contribution is 5.96. The van der Waals surface area contributed by atoms with Gasteiger partial charge < -0.3 is 15.0 Å². The molecule has 0 unspecified atom stereocenters. The second-order valence-corrected chi connectivity index (χ2v) is 7.41. The molecule has 1 heterocycles. The van der Waals surface area contributed by atoms with Gasteiger partial charge in [-0.2, -0.15) is 0 Å². The van der Waals surface area contributed by atoms with Gasteiger partial charge in [-0.1, -0.05) is 18.2 Å². The molecule has 5 heteroatoms. The van der Waals surface area contributed by atoms with Crippen LogP contribution in [0.4, 0.5) is 5.69 Å². The Hall–Kier alpha value is -1.88. The molecule has 0 atom stereocenters. The fraction of sp³-hybridized carbons (Fsp3) is 0.619. The van der Waals surface area contributed by atoms with Gasteiger partial charge in [0.2, 0.25) is 11.8 Å². The number of carbonyl (C=O) groups is 2. The number of nitrogens with one attached hydrogen (secondary N) is 1. The van der Waals surface area contributed by atoms with Crippen LogP contribution >= 0.6 is 0 Å². The van der Waals surface area contributed by atoms with Crippen LogP contribution in [0.5, 0.6) is 0 Å². The standard InChI is InChI=1S/C21H30N2O3/c1-26-15-5-13-22-20(24)17-9-11-18(12-10-17)21(25)23-14-4-7-16-6-2-3-8-19(16)23/h2-3,6,8,17-18H,4-5,7,9-15H2,1H3,(H,22,24). The van der Waals surface area contributed by atoms with Gasteiger partial charge in [-0.05, 0) is 56.6 Å². The molecule has 0 saturated heterocycles. The van der Waals surface area contributed by atoms with Gasteiger partial charge in [0.25, 0.3) is 0 Å². The van der Waals surface area contributed by atoms with Crippen LogP contribution in [0.1, 0.15) is 44.1 Å². The van der Waals surface area contributed by atoms with Crippen molar-refractivity contribution >= 4 is 17.5 Å². The molecule has 5 nitrogen and oxygen atoms in total. The lowest BCUT2D eigenvalue weighted by molar-refractivity contribution is -0.129. The summed E-state index contributed by atoms with van der Waals surface area (Å²) in [5.41, 5.74) is 2.36. The number of ether oxygens (including phenoxy) is 1. The van der Waals surface area contributed by atoms with Crippen molar-refractivity contribution in [3.63, 3.8) is 0 Å². The maximum atomic E-state index is 13.0. The Balaban J connectivity index is 1.51. The van der Waals surface area contributed by atoms with Crippen molar-refractivity contribution < 1.29 is 14.3 Å². The first-order valence-electron chi connectivity index (χ1n) is 9.86.